The summed E-state index contributed by atoms with van der Waals surface area (Å²) in [6.07, 6.45) is 0. The lowest BCUT2D eigenvalue weighted by Crippen LogP contribution is -1.98. The molecule has 0 aliphatic carbocycles. The van der Waals surface area contributed by atoms with Gasteiger partial charge in [0.2, 0.25) is 0 Å². The van der Waals surface area contributed by atoms with Gasteiger partial charge in [0.1, 0.15) is 0 Å². The topological polar surface area (TPSA) is 12.9 Å². The summed E-state index contributed by atoms with van der Waals surface area (Å²) in [6, 6.07) is 79.1. The standard InChI is InChI=1S/C56H39N/c1-38-17-15-25-43(33-38)46-35-47(37-48(36-46)55-50-29-13-14-30-52(50)57-56-49-28-12-11-18-39(49)31-32-51(55)56)44-26-16-27-45(34-44)54(42-23-9-4-10-24-42)53(40-19-5-2-6-20-40)41-21-7-3-8-22-41/h2-37H,1H3. The molecule has 1 nitrogen and oxygen atoms in total. The highest BCUT2D eigenvalue weighted by Gasteiger charge is 2.19. The van der Waals surface area contributed by atoms with Crippen molar-refractivity contribution in [3.63, 3.8) is 0 Å². The number of pyridine rings is 1. The van der Waals surface area contributed by atoms with E-state index in [1.165, 1.54) is 61.0 Å². The third-order valence-corrected chi connectivity index (χ3v) is 11.1. The first kappa shape index (κ1) is 34.2. The SMILES string of the molecule is Cc1cccc(-c2cc(-c3cccc(C(=C(c4ccccc4)c4ccccc4)c4ccccc4)c3)cc(-c3c4ccccc4nc4c3ccc3ccccc34)c2)c1. The van der Waals surface area contributed by atoms with Crippen LogP contribution in [0.3, 0.4) is 0 Å². The number of para-hydroxylation sites is 1. The molecular weight excluding hydrogens is 687 g/mol. The van der Waals surface area contributed by atoms with Crippen molar-refractivity contribution < 1.29 is 0 Å². The Bertz CT molecular complexity index is 3060. The molecule has 1 heteroatoms. The molecule has 1 heterocycles. The second-order valence-corrected chi connectivity index (χ2v) is 14.8. The molecule has 0 N–H and O–H groups in total. The lowest BCUT2D eigenvalue weighted by Gasteiger charge is -2.19. The third kappa shape index (κ3) is 6.50. The average Bonchev–Trinajstić information content (AvgIpc) is 3.28. The van der Waals surface area contributed by atoms with Crippen LogP contribution in [0, 0.1) is 6.92 Å². The molecule has 0 fully saturated rings. The molecule has 9 aromatic carbocycles. The molecule has 0 aliphatic heterocycles. The maximum atomic E-state index is 5.29. The van der Waals surface area contributed by atoms with Gasteiger partial charge in [-0.2, -0.15) is 0 Å². The Balaban J connectivity index is 1.25. The monoisotopic (exact) mass is 725 g/mol. The Morgan fingerprint density at radius 2 is 0.842 bits per heavy atom. The van der Waals surface area contributed by atoms with Crippen LogP contribution in [-0.4, -0.2) is 4.98 Å². The zero-order valence-corrected chi connectivity index (χ0v) is 31.7. The minimum Gasteiger partial charge on any atom is -0.247 e. The van der Waals surface area contributed by atoms with Gasteiger partial charge >= 0.3 is 0 Å². The van der Waals surface area contributed by atoms with Crippen LogP contribution in [0.15, 0.2) is 218 Å². The Hall–Kier alpha value is -7.35. The normalized spacial score (nSPS) is 11.2. The van der Waals surface area contributed by atoms with Crippen molar-refractivity contribution in [1.82, 2.24) is 4.98 Å². The fourth-order valence-electron chi connectivity index (χ4n) is 8.45. The molecular formula is C56H39N. The fourth-order valence-corrected chi connectivity index (χ4v) is 8.45. The molecule has 57 heavy (non-hydrogen) atoms. The summed E-state index contributed by atoms with van der Waals surface area (Å²) in [5.41, 5.74) is 17.4. The summed E-state index contributed by atoms with van der Waals surface area (Å²) in [4.78, 5) is 5.29. The first-order chi connectivity index (χ1) is 28.2. The second kappa shape index (κ2) is 14.7. The zero-order chi connectivity index (χ0) is 38.1. The van der Waals surface area contributed by atoms with Crippen molar-refractivity contribution in [2.24, 2.45) is 0 Å². The van der Waals surface area contributed by atoms with Gasteiger partial charge in [-0.05, 0) is 104 Å². The van der Waals surface area contributed by atoms with Crippen LogP contribution in [0.2, 0.25) is 0 Å². The third-order valence-electron chi connectivity index (χ3n) is 11.1. The Morgan fingerprint density at radius 1 is 0.333 bits per heavy atom. The molecule has 10 rings (SSSR count). The van der Waals surface area contributed by atoms with Gasteiger partial charge in [0.25, 0.3) is 0 Å². The van der Waals surface area contributed by atoms with E-state index in [-0.39, 0.29) is 0 Å². The van der Waals surface area contributed by atoms with Gasteiger partial charge in [-0.15, -0.1) is 0 Å². The maximum Gasteiger partial charge on any atom is 0.0794 e. The fraction of sp³-hybridized carbons (Fsp3) is 0.0179. The summed E-state index contributed by atoms with van der Waals surface area (Å²) in [5, 5.41) is 4.65. The van der Waals surface area contributed by atoms with Crippen LogP contribution >= 0.6 is 0 Å². The zero-order valence-electron chi connectivity index (χ0n) is 31.7. The van der Waals surface area contributed by atoms with Gasteiger partial charge in [0.05, 0.1) is 11.0 Å². The maximum absolute atomic E-state index is 5.29. The van der Waals surface area contributed by atoms with Crippen LogP contribution in [0.25, 0.3) is 77.1 Å². The number of hydrogen-bond donors (Lipinski definition) is 0. The summed E-state index contributed by atoms with van der Waals surface area (Å²) in [5.74, 6) is 0. The van der Waals surface area contributed by atoms with E-state index < -0.39 is 0 Å². The van der Waals surface area contributed by atoms with Crippen molar-refractivity contribution in [2.75, 3.05) is 0 Å². The van der Waals surface area contributed by atoms with Crippen LogP contribution in [0.5, 0.6) is 0 Å². The van der Waals surface area contributed by atoms with Crippen molar-refractivity contribution in [1.29, 1.82) is 0 Å². The van der Waals surface area contributed by atoms with E-state index in [1.807, 2.05) is 0 Å². The predicted molar refractivity (Wildman–Crippen MR) is 242 cm³/mol. The van der Waals surface area contributed by atoms with Crippen LogP contribution in [-0.2, 0) is 0 Å². The van der Waals surface area contributed by atoms with Crippen molar-refractivity contribution in [3.8, 4) is 33.4 Å². The molecule has 0 saturated carbocycles. The minimum absolute atomic E-state index is 0.993. The first-order valence-electron chi connectivity index (χ1n) is 19.6. The van der Waals surface area contributed by atoms with E-state index in [0.717, 1.165) is 43.9 Å². The Morgan fingerprint density at radius 3 is 1.49 bits per heavy atom. The van der Waals surface area contributed by atoms with E-state index in [9.17, 15) is 0 Å². The number of benzene rings is 9. The largest absolute Gasteiger partial charge is 0.247 e. The van der Waals surface area contributed by atoms with E-state index in [0.29, 0.717) is 0 Å². The predicted octanol–water partition coefficient (Wildman–Crippen LogP) is 14.9. The van der Waals surface area contributed by atoms with Gasteiger partial charge < -0.3 is 0 Å². The lowest BCUT2D eigenvalue weighted by atomic mass is 9.84. The number of aryl methyl sites for hydroxylation is 1. The summed E-state index contributed by atoms with van der Waals surface area (Å²) < 4.78 is 0. The van der Waals surface area contributed by atoms with E-state index in [4.69, 9.17) is 4.98 Å². The van der Waals surface area contributed by atoms with Gasteiger partial charge in [-0.1, -0.05) is 194 Å². The smallest absolute Gasteiger partial charge is 0.0794 e. The van der Waals surface area contributed by atoms with Gasteiger partial charge in [-0.3, -0.25) is 0 Å². The molecule has 0 saturated heterocycles. The van der Waals surface area contributed by atoms with Crippen LogP contribution in [0.1, 0.15) is 27.8 Å². The molecule has 0 unspecified atom stereocenters. The molecule has 1 aromatic heterocycles. The highest BCUT2D eigenvalue weighted by molar-refractivity contribution is 6.17. The lowest BCUT2D eigenvalue weighted by molar-refractivity contribution is 1.46. The molecule has 0 bridgehead atoms. The van der Waals surface area contributed by atoms with Crippen molar-refractivity contribution >= 4 is 43.7 Å². The molecule has 0 spiro atoms. The van der Waals surface area contributed by atoms with Gasteiger partial charge in [0.15, 0.2) is 0 Å². The average molecular weight is 726 g/mol. The van der Waals surface area contributed by atoms with Crippen LogP contribution < -0.4 is 0 Å². The van der Waals surface area contributed by atoms with Crippen molar-refractivity contribution in [3.05, 3.63) is 246 Å². The summed E-state index contributed by atoms with van der Waals surface area (Å²) >= 11 is 0. The number of nitrogens with zero attached hydrogens (tertiary/aromatic N) is 1. The highest BCUT2D eigenvalue weighted by Crippen LogP contribution is 2.43. The molecule has 0 radical (unpaired) electrons. The number of fused-ring (bicyclic) bond motifs is 4. The number of aromatic nitrogens is 1. The van der Waals surface area contributed by atoms with Crippen LogP contribution in [0.4, 0.5) is 0 Å². The minimum atomic E-state index is 0.993. The Kier molecular flexibility index (Phi) is 8.82. The number of rotatable bonds is 7. The second-order valence-electron chi connectivity index (χ2n) is 14.8. The van der Waals surface area contributed by atoms with Crippen molar-refractivity contribution in [2.45, 2.75) is 6.92 Å². The molecule has 10 aromatic rings. The molecule has 0 amide bonds. The quantitative estimate of drug-likeness (QED) is 0.0906. The Labute approximate surface area is 333 Å². The summed E-state index contributed by atoms with van der Waals surface area (Å²) in [6.45, 7) is 2.17. The summed E-state index contributed by atoms with van der Waals surface area (Å²) in [7, 11) is 0. The van der Waals surface area contributed by atoms with E-state index in [1.54, 1.807) is 0 Å². The number of hydrogen-bond acceptors (Lipinski definition) is 1. The molecule has 268 valence electrons. The van der Waals surface area contributed by atoms with E-state index in [2.05, 4.69) is 225 Å². The van der Waals surface area contributed by atoms with E-state index >= 15 is 0 Å². The van der Waals surface area contributed by atoms with Gasteiger partial charge in [-0.25, -0.2) is 4.98 Å². The molecule has 0 atom stereocenters. The first-order valence-corrected chi connectivity index (χ1v) is 19.6. The van der Waals surface area contributed by atoms with Gasteiger partial charge in [0, 0.05) is 21.7 Å². The highest BCUT2D eigenvalue weighted by atomic mass is 14.7. The molecule has 0 aliphatic rings.